The van der Waals surface area contributed by atoms with E-state index < -0.39 is 0 Å². The molecular formula is C9H14ClN3O. The summed E-state index contributed by atoms with van der Waals surface area (Å²) < 4.78 is 0. The Morgan fingerprint density at radius 1 is 1.71 bits per heavy atom. The minimum atomic E-state index is -0.133. The molecule has 3 N–H and O–H groups in total. The lowest BCUT2D eigenvalue weighted by molar-refractivity contribution is 0.0941. The van der Waals surface area contributed by atoms with Gasteiger partial charge in [-0.3, -0.25) is 9.78 Å². The molecule has 0 radical (unpaired) electrons. The van der Waals surface area contributed by atoms with Crippen molar-refractivity contribution in [2.45, 2.75) is 13.0 Å². The summed E-state index contributed by atoms with van der Waals surface area (Å²) in [7, 11) is 0. The predicted octanol–water partition coefficient (Wildman–Crippen LogP) is 0.580. The minimum absolute atomic E-state index is 0. The molecule has 78 valence electrons. The van der Waals surface area contributed by atoms with E-state index in [0.717, 1.165) is 0 Å². The number of nitrogens with zero attached hydrogens (tertiary/aromatic N) is 1. The summed E-state index contributed by atoms with van der Waals surface area (Å²) in [5.74, 6) is -0.133. The Hall–Kier alpha value is -1.13. The largest absolute Gasteiger partial charge is 0.348 e. The summed E-state index contributed by atoms with van der Waals surface area (Å²) in [6.07, 6.45) is 3.15. The monoisotopic (exact) mass is 215 g/mol. The molecule has 1 unspecified atom stereocenters. The summed E-state index contributed by atoms with van der Waals surface area (Å²) in [5.41, 5.74) is 5.93. The van der Waals surface area contributed by atoms with Crippen molar-refractivity contribution >= 4 is 18.3 Å². The Morgan fingerprint density at radius 2 is 2.43 bits per heavy atom. The van der Waals surface area contributed by atoms with Crippen LogP contribution >= 0.6 is 12.4 Å². The van der Waals surface area contributed by atoms with Crippen molar-refractivity contribution in [3.8, 4) is 0 Å². The van der Waals surface area contributed by atoms with Gasteiger partial charge in [-0.25, -0.2) is 0 Å². The third kappa shape index (κ3) is 3.72. The minimum Gasteiger partial charge on any atom is -0.348 e. The van der Waals surface area contributed by atoms with Crippen LogP contribution in [0.5, 0.6) is 0 Å². The lowest BCUT2D eigenvalue weighted by atomic mass is 10.2. The number of aromatic nitrogens is 1. The van der Waals surface area contributed by atoms with Crippen LogP contribution in [0.3, 0.4) is 0 Å². The van der Waals surface area contributed by atoms with Crippen LogP contribution < -0.4 is 11.1 Å². The number of halogens is 1. The number of carbonyl (C=O) groups excluding carboxylic acids is 1. The van der Waals surface area contributed by atoms with E-state index in [4.69, 9.17) is 5.73 Å². The summed E-state index contributed by atoms with van der Waals surface area (Å²) in [6.45, 7) is 2.29. The van der Waals surface area contributed by atoms with Gasteiger partial charge in [0.05, 0.1) is 5.56 Å². The molecule has 14 heavy (non-hydrogen) atoms. The van der Waals surface area contributed by atoms with Crippen LogP contribution in [0.1, 0.15) is 17.3 Å². The molecule has 0 aromatic carbocycles. The van der Waals surface area contributed by atoms with E-state index in [2.05, 4.69) is 10.3 Å². The first kappa shape index (κ1) is 12.9. The van der Waals surface area contributed by atoms with Crippen molar-refractivity contribution < 1.29 is 4.79 Å². The van der Waals surface area contributed by atoms with E-state index in [0.29, 0.717) is 12.1 Å². The van der Waals surface area contributed by atoms with Crippen LogP contribution in [0.4, 0.5) is 0 Å². The zero-order valence-corrected chi connectivity index (χ0v) is 8.75. The number of hydrogen-bond acceptors (Lipinski definition) is 3. The number of nitrogens with two attached hydrogens (primary N) is 1. The highest BCUT2D eigenvalue weighted by molar-refractivity contribution is 5.93. The highest BCUT2D eigenvalue weighted by atomic mass is 35.5. The normalized spacial score (nSPS) is 11.3. The van der Waals surface area contributed by atoms with Crippen molar-refractivity contribution in [1.29, 1.82) is 0 Å². The molecule has 0 aliphatic carbocycles. The Morgan fingerprint density at radius 3 is 2.93 bits per heavy atom. The maximum atomic E-state index is 11.4. The molecule has 1 aromatic heterocycles. The van der Waals surface area contributed by atoms with E-state index >= 15 is 0 Å². The summed E-state index contributed by atoms with van der Waals surface area (Å²) in [4.78, 5) is 15.3. The number of hydrogen-bond donors (Lipinski definition) is 2. The molecule has 0 aliphatic heterocycles. The zero-order chi connectivity index (χ0) is 9.68. The number of rotatable bonds is 3. The van der Waals surface area contributed by atoms with E-state index in [1.54, 1.807) is 18.3 Å². The average Bonchev–Trinajstić information content (AvgIpc) is 2.19. The van der Waals surface area contributed by atoms with E-state index in [9.17, 15) is 4.79 Å². The Kier molecular flexibility index (Phi) is 5.83. The molecule has 0 saturated carbocycles. The average molecular weight is 216 g/mol. The predicted molar refractivity (Wildman–Crippen MR) is 57.5 cm³/mol. The fourth-order valence-corrected chi connectivity index (χ4v) is 0.863. The number of amides is 1. The zero-order valence-electron chi connectivity index (χ0n) is 7.93. The van der Waals surface area contributed by atoms with Gasteiger partial charge < -0.3 is 11.1 Å². The maximum Gasteiger partial charge on any atom is 0.253 e. The van der Waals surface area contributed by atoms with Gasteiger partial charge >= 0.3 is 0 Å². The fourth-order valence-electron chi connectivity index (χ4n) is 0.863. The molecule has 5 heteroatoms. The lowest BCUT2D eigenvalue weighted by Gasteiger charge is -2.10. The molecule has 1 rings (SSSR count). The van der Waals surface area contributed by atoms with Crippen LogP contribution in [0.2, 0.25) is 0 Å². The quantitative estimate of drug-likeness (QED) is 0.775. The molecule has 1 atom stereocenters. The third-order valence-corrected chi connectivity index (χ3v) is 1.65. The molecular weight excluding hydrogens is 202 g/mol. The van der Waals surface area contributed by atoms with Crippen LogP contribution in [0.15, 0.2) is 24.5 Å². The number of carbonyl (C=O) groups is 1. The lowest BCUT2D eigenvalue weighted by Crippen LogP contribution is -2.37. The van der Waals surface area contributed by atoms with Crippen LogP contribution in [-0.4, -0.2) is 23.5 Å². The van der Waals surface area contributed by atoms with Crippen molar-refractivity contribution in [3.05, 3.63) is 30.1 Å². The number of pyridine rings is 1. The highest BCUT2D eigenvalue weighted by Gasteiger charge is 2.07. The molecule has 1 amide bonds. The topological polar surface area (TPSA) is 68.0 Å². The second kappa shape index (κ2) is 6.34. The molecule has 0 saturated heterocycles. The van der Waals surface area contributed by atoms with Gasteiger partial charge in [0.2, 0.25) is 0 Å². The molecule has 1 aromatic rings. The Bertz CT molecular complexity index is 279. The summed E-state index contributed by atoms with van der Waals surface area (Å²) >= 11 is 0. The van der Waals surface area contributed by atoms with Gasteiger partial charge in [0.1, 0.15) is 0 Å². The van der Waals surface area contributed by atoms with E-state index in [1.807, 2.05) is 6.92 Å². The smallest absolute Gasteiger partial charge is 0.253 e. The first-order chi connectivity index (χ1) is 6.24. The van der Waals surface area contributed by atoms with E-state index in [-0.39, 0.29) is 24.4 Å². The van der Waals surface area contributed by atoms with E-state index in [1.165, 1.54) is 6.20 Å². The second-order valence-electron chi connectivity index (χ2n) is 2.85. The summed E-state index contributed by atoms with van der Waals surface area (Å²) in [6, 6.07) is 3.43. The maximum absolute atomic E-state index is 11.4. The molecule has 0 aliphatic rings. The van der Waals surface area contributed by atoms with Crippen molar-refractivity contribution in [2.24, 2.45) is 5.73 Å². The second-order valence-corrected chi connectivity index (χ2v) is 2.85. The first-order valence-corrected chi connectivity index (χ1v) is 4.15. The molecule has 4 nitrogen and oxygen atoms in total. The molecule has 0 spiro atoms. The van der Waals surface area contributed by atoms with Gasteiger partial charge in [0.25, 0.3) is 5.91 Å². The van der Waals surface area contributed by atoms with Crippen LogP contribution in [-0.2, 0) is 0 Å². The van der Waals surface area contributed by atoms with Crippen molar-refractivity contribution in [2.75, 3.05) is 6.54 Å². The van der Waals surface area contributed by atoms with Gasteiger partial charge in [-0.2, -0.15) is 0 Å². The van der Waals surface area contributed by atoms with Gasteiger partial charge in [0.15, 0.2) is 0 Å². The van der Waals surface area contributed by atoms with Gasteiger partial charge in [-0.15, -0.1) is 12.4 Å². The first-order valence-electron chi connectivity index (χ1n) is 4.15. The Labute approximate surface area is 89.3 Å². The molecule has 0 fully saturated rings. The third-order valence-electron chi connectivity index (χ3n) is 1.65. The highest BCUT2D eigenvalue weighted by Crippen LogP contribution is 1.95. The van der Waals surface area contributed by atoms with Gasteiger partial charge in [-0.05, 0) is 19.1 Å². The Balaban J connectivity index is 0.00000169. The van der Waals surface area contributed by atoms with Gasteiger partial charge in [0, 0.05) is 25.0 Å². The number of nitrogens with one attached hydrogen (secondary N) is 1. The van der Waals surface area contributed by atoms with Crippen LogP contribution in [0.25, 0.3) is 0 Å². The van der Waals surface area contributed by atoms with Crippen molar-refractivity contribution in [1.82, 2.24) is 10.3 Å². The molecule has 1 heterocycles. The van der Waals surface area contributed by atoms with Crippen molar-refractivity contribution in [3.63, 3.8) is 0 Å². The summed E-state index contributed by atoms with van der Waals surface area (Å²) in [5, 5.41) is 2.74. The fraction of sp³-hybridized carbons (Fsp3) is 0.333. The van der Waals surface area contributed by atoms with Crippen LogP contribution in [0, 0.1) is 0 Å². The standard InChI is InChI=1S/C9H13N3O.ClH/c1-7(5-10)12-9(13)8-3-2-4-11-6-8;/h2-4,6-7H,5,10H2,1H3,(H,12,13);1H. The van der Waals surface area contributed by atoms with Gasteiger partial charge in [-0.1, -0.05) is 0 Å². The molecule has 0 bridgehead atoms. The SMILES string of the molecule is CC(CN)NC(=O)c1cccnc1.Cl.